The predicted molar refractivity (Wildman–Crippen MR) is 78.2 cm³/mol. The molecule has 1 saturated heterocycles. The molecule has 2 fully saturated rings. The van der Waals surface area contributed by atoms with Crippen molar-refractivity contribution in [2.24, 2.45) is 0 Å². The smallest absolute Gasteiger partial charge is 0.258 e. The van der Waals surface area contributed by atoms with Crippen LogP contribution in [0.25, 0.3) is 0 Å². The number of nitrogens with one attached hydrogen (secondary N) is 2. The summed E-state index contributed by atoms with van der Waals surface area (Å²) < 4.78 is 32.6. The zero-order valence-corrected chi connectivity index (χ0v) is 12.9. The Hall–Kier alpha value is -1.02. The van der Waals surface area contributed by atoms with Crippen LogP contribution < -0.4 is 10.0 Å². The minimum atomic E-state index is -3.57. The fourth-order valence-electron chi connectivity index (χ4n) is 2.37. The van der Waals surface area contributed by atoms with Gasteiger partial charge < -0.3 is 10.1 Å². The van der Waals surface area contributed by atoms with E-state index in [1.54, 1.807) is 12.3 Å². The third-order valence-corrected chi connectivity index (χ3v) is 5.33. The van der Waals surface area contributed by atoms with Gasteiger partial charge >= 0.3 is 0 Å². The average Bonchev–Trinajstić information content (AvgIpc) is 3.21. The zero-order chi connectivity index (χ0) is 14.9. The molecule has 7 heteroatoms. The molecule has 6 nitrogen and oxygen atoms in total. The van der Waals surface area contributed by atoms with E-state index >= 15 is 0 Å². The van der Waals surface area contributed by atoms with Crippen molar-refractivity contribution >= 4 is 10.0 Å². The van der Waals surface area contributed by atoms with Crippen molar-refractivity contribution in [2.75, 3.05) is 6.61 Å². The molecule has 116 valence electrons. The first-order valence-corrected chi connectivity index (χ1v) is 8.85. The van der Waals surface area contributed by atoms with Crippen LogP contribution in [0.3, 0.4) is 0 Å². The van der Waals surface area contributed by atoms with Gasteiger partial charge in [-0.3, -0.25) is 0 Å². The number of pyridine rings is 1. The van der Waals surface area contributed by atoms with E-state index in [-0.39, 0.29) is 17.2 Å². The number of aromatic nitrogens is 1. The number of hydrogen-bond donors (Lipinski definition) is 2. The molecule has 1 saturated carbocycles. The van der Waals surface area contributed by atoms with Gasteiger partial charge in [0.15, 0.2) is 5.03 Å². The fraction of sp³-hybridized carbons (Fsp3) is 0.643. The lowest BCUT2D eigenvalue weighted by molar-refractivity contribution is 0.117. The second-order valence-electron chi connectivity index (χ2n) is 5.75. The Balaban J connectivity index is 1.63. The molecular weight excluding hydrogens is 290 g/mol. The van der Waals surface area contributed by atoms with Crippen LogP contribution in [0.1, 0.15) is 31.7 Å². The van der Waals surface area contributed by atoms with Crippen LogP contribution in [0, 0.1) is 0 Å². The highest BCUT2D eigenvalue weighted by atomic mass is 32.2. The Bertz CT molecular complexity index is 584. The number of hydrogen-bond acceptors (Lipinski definition) is 5. The van der Waals surface area contributed by atoms with Crippen molar-refractivity contribution in [3.8, 4) is 0 Å². The van der Waals surface area contributed by atoms with Crippen LogP contribution in [0.4, 0.5) is 0 Å². The highest BCUT2D eigenvalue weighted by Crippen LogP contribution is 2.19. The maximum Gasteiger partial charge on any atom is 0.258 e. The molecule has 0 amide bonds. The molecule has 0 bridgehead atoms. The van der Waals surface area contributed by atoms with Crippen molar-refractivity contribution in [3.63, 3.8) is 0 Å². The van der Waals surface area contributed by atoms with Crippen molar-refractivity contribution in [1.29, 1.82) is 0 Å². The zero-order valence-electron chi connectivity index (χ0n) is 12.1. The summed E-state index contributed by atoms with van der Waals surface area (Å²) in [5.41, 5.74) is 0.999. The van der Waals surface area contributed by atoms with Crippen molar-refractivity contribution < 1.29 is 13.2 Å². The van der Waals surface area contributed by atoms with Crippen LogP contribution >= 0.6 is 0 Å². The van der Waals surface area contributed by atoms with Gasteiger partial charge in [0.25, 0.3) is 10.0 Å². The van der Waals surface area contributed by atoms with Gasteiger partial charge in [-0.1, -0.05) is 6.07 Å². The largest absolute Gasteiger partial charge is 0.377 e. The SMILES string of the molecule is CC1OCCC1NS(=O)(=O)c1ccc(CNC2CC2)cn1. The summed E-state index contributed by atoms with van der Waals surface area (Å²) in [4.78, 5) is 4.08. The summed E-state index contributed by atoms with van der Waals surface area (Å²) >= 11 is 0. The summed E-state index contributed by atoms with van der Waals surface area (Å²) in [5.74, 6) is 0. The van der Waals surface area contributed by atoms with E-state index < -0.39 is 10.0 Å². The summed E-state index contributed by atoms with van der Waals surface area (Å²) in [6.45, 7) is 3.20. The maximum absolute atomic E-state index is 12.3. The van der Waals surface area contributed by atoms with Gasteiger partial charge in [-0.05, 0) is 37.8 Å². The molecular formula is C14H21N3O3S. The molecule has 2 heterocycles. The van der Waals surface area contributed by atoms with Crippen molar-refractivity contribution in [1.82, 2.24) is 15.0 Å². The highest BCUT2D eigenvalue weighted by Gasteiger charge is 2.29. The number of nitrogens with zero attached hydrogens (tertiary/aromatic N) is 1. The fourth-order valence-corrected chi connectivity index (χ4v) is 3.64. The van der Waals surface area contributed by atoms with Crippen LogP contribution in [0.2, 0.25) is 0 Å². The third kappa shape index (κ3) is 3.79. The minimum Gasteiger partial charge on any atom is -0.377 e. The first-order chi connectivity index (χ1) is 10.0. The van der Waals surface area contributed by atoms with Gasteiger partial charge in [0.05, 0.1) is 12.1 Å². The summed E-state index contributed by atoms with van der Waals surface area (Å²) in [7, 11) is -3.57. The van der Waals surface area contributed by atoms with E-state index in [9.17, 15) is 8.42 Å². The van der Waals surface area contributed by atoms with E-state index in [0.29, 0.717) is 19.1 Å². The quantitative estimate of drug-likeness (QED) is 0.812. The molecule has 2 unspecified atom stereocenters. The molecule has 1 aliphatic carbocycles. The minimum absolute atomic E-state index is 0.0665. The van der Waals surface area contributed by atoms with Gasteiger partial charge in [-0.25, -0.2) is 18.1 Å². The van der Waals surface area contributed by atoms with E-state index in [1.165, 1.54) is 12.8 Å². The van der Waals surface area contributed by atoms with Gasteiger partial charge in [0.1, 0.15) is 0 Å². The summed E-state index contributed by atoms with van der Waals surface area (Å²) in [6.07, 6.45) is 4.68. The molecule has 0 radical (unpaired) electrons. The number of rotatable bonds is 6. The number of ether oxygens (including phenoxy) is 1. The molecule has 2 atom stereocenters. The Morgan fingerprint density at radius 2 is 2.14 bits per heavy atom. The Labute approximate surface area is 125 Å². The average molecular weight is 311 g/mol. The molecule has 1 aliphatic heterocycles. The van der Waals surface area contributed by atoms with Crippen molar-refractivity contribution in [3.05, 3.63) is 23.9 Å². The summed E-state index contributed by atoms with van der Waals surface area (Å²) in [5, 5.41) is 3.44. The third-order valence-electron chi connectivity index (χ3n) is 3.93. The first kappa shape index (κ1) is 14.9. The lowest BCUT2D eigenvalue weighted by Crippen LogP contribution is -2.39. The van der Waals surface area contributed by atoms with Crippen molar-refractivity contribution in [2.45, 2.75) is 55.9 Å². The Morgan fingerprint density at radius 3 is 2.71 bits per heavy atom. The second-order valence-corrected chi connectivity index (χ2v) is 7.41. The molecule has 21 heavy (non-hydrogen) atoms. The van der Waals surface area contributed by atoms with E-state index in [2.05, 4.69) is 15.0 Å². The van der Waals surface area contributed by atoms with Crippen LogP contribution in [0.15, 0.2) is 23.4 Å². The van der Waals surface area contributed by atoms with Crippen LogP contribution in [0.5, 0.6) is 0 Å². The van der Waals surface area contributed by atoms with Gasteiger partial charge in [-0.15, -0.1) is 0 Å². The first-order valence-electron chi connectivity index (χ1n) is 7.37. The van der Waals surface area contributed by atoms with Gasteiger partial charge in [0, 0.05) is 25.4 Å². The molecule has 2 N–H and O–H groups in total. The molecule has 0 aromatic carbocycles. The predicted octanol–water partition coefficient (Wildman–Crippen LogP) is 0.789. The van der Waals surface area contributed by atoms with E-state index in [4.69, 9.17) is 4.74 Å². The monoisotopic (exact) mass is 311 g/mol. The van der Waals surface area contributed by atoms with Crippen LogP contribution in [-0.2, 0) is 21.3 Å². The second kappa shape index (κ2) is 6.00. The Kier molecular flexibility index (Phi) is 4.26. The number of sulfonamides is 1. The van der Waals surface area contributed by atoms with Gasteiger partial charge in [0.2, 0.25) is 0 Å². The highest BCUT2D eigenvalue weighted by molar-refractivity contribution is 7.89. The lowest BCUT2D eigenvalue weighted by atomic mass is 10.2. The standard InChI is InChI=1S/C14H21N3O3S/c1-10-13(6-7-20-10)17-21(18,19)14-5-2-11(9-16-14)8-15-12-3-4-12/h2,5,9-10,12-13,15,17H,3-4,6-8H2,1H3. The molecule has 2 aliphatic rings. The van der Waals surface area contributed by atoms with E-state index in [1.807, 2.05) is 13.0 Å². The lowest BCUT2D eigenvalue weighted by Gasteiger charge is -2.15. The van der Waals surface area contributed by atoms with E-state index in [0.717, 1.165) is 12.1 Å². The maximum atomic E-state index is 12.3. The molecule has 1 aromatic heterocycles. The van der Waals surface area contributed by atoms with Gasteiger partial charge in [-0.2, -0.15) is 0 Å². The molecule has 3 rings (SSSR count). The topological polar surface area (TPSA) is 80.3 Å². The normalized spacial score (nSPS) is 26.1. The van der Waals surface area contributed by atoms with Crippen LogP contribution in [-0.4, -0.2) is 38.2 Å². The molecule has 0 spiro atoms. The summed E-state index contributed by atoms with van der Waals surface area (Å²) in [6, 6.07) is 3.82. The molecule has 1 aromatic rings. The Morgan fingerprint density at radius 1 is 1.33 bits per heavy atom.